The molecule has 1 rings (SSSR count). The summed E-state index contributed by atoms with van der Waals surface area (Å²) >= 11 is 11.0. The highest BCUT2D eigenvalue weighted by Crippen LogP contribution is 2.40. The molecule has 0 aliphatic heterocycles. The molecular formula is C8H6Cl2N2O6. The number of carbonyl (C=O) groups is 1. The van der Waals surface area contributed by atoms with Crippen LogP contribution in [0.4, 0.5) is 11.4 Å². The minimum atomic E-state index is -0.981. The van der Waals surface area contributed by atoms with Crippen molar-refractivity contribution in [1.82, 2.24) is 0 Å². The first-order valence-electron chi connectivity index (χ1n) is 4.10. The second-order valence-corrected chi connectivity index (χ2v) is 3.35. The van der Waals surface area contributed by atoms with Gasteiger partial charge in [-0.25, -0.2) is 0 Å². The van der Waals surface area contributed by atoms with Crippen molar-refractivity contribution in [3.63, 3.8) is 0 Å². The number of nitro groups is 2. The molecule has 1 N–H and O–H groups in total. The molecule has 18 heavy (non-hydrogen) atoms. The summed E-state index contributed by atoms with van der Waals surface area (Å²) in [6.07, 6.45) is 0.179. The Balaban J connectivity index is 0.00000137. The van der Waals surface area contributed by atoms with E-state index in [1.165, 1.54) is 0 Å². The summed E-state index contributed by atoms with van der Waals surface area (Å²) in [5, 5.41) is 26.9. The molecule has 0 bridgehead atoms. The summed E-state index contributed by atoms with van der Waals surface area (Å²) in [6.45, 7) is 0. The topological polar surface area (TPSA) is 124 Å². The van der Waals surface area contributed by atoms with Gasteiger partial charge in [-0.3, -0.25) is 25.0 Å². The third-order valence-corrected chi connectivity index (χ3v) is 2.46. The molecule has 8 nitrogen and oxygen atoms in total. The lowest BCUT2D eigenvalue weighted by atomic mass is 10.2. The molecule has 0 amide bonds. The van der Waals surface area contributed by atoms with Crippen LogP contribution in [0.5, 0.6) is 0 Å². The smallest absolute Gasteiger partial charge is 0.314 e. The third kappa shape index (κ3) is 3.13. The number of hydrogen-bond donors (Lipinski definition) is 1. The molecule has 0 aliphatic carbocycles. The SMILES string of the molecule is CO.O=Cc1cc([N+](=O)[O-])c(Cl)c([N+](=O)[O-])c1Cl. The van der Waals surface area contributed by atoms with Gasteiger partial charge in [-0.1, -0.05) is 23.2 Å². The summed E-state index contributed by atoms with van der Waals surface area (Å²) in [5.41, 5.74) is -1.94. The number of aldehydes is 1. The number of benzene rings is 1. The van der Waals surface area contributed by atoms with Gasteiger partial charge in [0.15, 0.2) is 11.3 Å². The molecule has 0 aromatic heterocycles. The van der Waals surface area contributed by atoms with Crippen molar-refractivity contribution in [2.45, 2.75) is 0 Å². The van der Waals surface area contributed by atoms with Gasteiger partial charge >= 0.3 is 5.69 Å². The maximum absolute atomic E-state index is 10.6. The normalized spacial score (nSPS) is 9.11. The van der Waals surface area contributed by atoms with Crippen molar-refractivity contribution in [1.29, 1.82) is 0 Å². The molecule has 0 saturated heterocycles. The van der Waals surface area contributed by atoms with Crippen molar-refractivity contribution in [2.24, 2.45) is 0 Å². The van der Waals surface area contributed by atoms with Crippen LogP contribution in [-0.4, -0.2) is 28.3 Å². The van der Waals surface area contributed by atoms with Gasteiger partial charge in [0.2, 0.25) is 0 Å². The first kappa shape index (κ1) is 16.2. The van der Waals surface area contributed by atoms with E-state index in [0.29, 0.717) is 0 Å². The van der Waals surface area contributed by atoms with Crippen LogP contribution < -0.4 is 0 Å². The van der Waals surface area contributed by atoms with Crippen molar-refractivity contribution in [3.8, 4) is 0 Å². The highest BCUT2D eigenvalue weighted by atomic mass is 35.5. The van der Waals surface area contributed by atoms with E-state index in [0.717, 1.165) is 13.2 Å². The predicted octanol–water partition coefficient (Wildman–Crippen LogP) is 2.23. The van der Waals surface area contributed by atoms with E-state index < -0.39 is 31.3 Å². The van der Waals surface area contributed by atoms with Crippen LogP contribution in [0.1, 0.15) is 10.4 Å². The first-order chi connectivity index (χ1) is 8.40. The number of nitro benzene ring substituents is 2. The molecule has 0 aliphatic rings. The Morgan fingerprint density at radius 3 is 2.00 bits per heavy atom. The van der Waals surface area contributed by atoms with Gasteiger partial charge in [-0.05, 0) is 0 Å². The molecule has 98 valence electrons. The Kier molecular flexibility index (Phi) is 6.17. The molecule has 1 aromatic carbocycles. The Hall–Kier alpha value is -1.77. The molecule has 10 heteroatoms. The van der Waals surface area contributed by atoms with Crippen molar-refractivity contribution in [3.05, 3.63) is 41.9 Å². The van der Waals surface area contributed by atoms with Crippen LogP contribution in [0, 0.1) is 20.2 Å². The van der Waals surface area contributed by atoms with E-state index in [2.05, 4.69) is 0 Å². The number of aliphatic hydroxyl groups excluding tert-OH is 1. The van der Waals surface area contributed by atoms with Crippen LogP contribution in [0.25, 0.3) is 0 Å². The van der Waals surface area contributed by atoms with E-state index in [4.69, 9.17) is 28.3 Å². The van der Waals surface area contributed by atoms with Gasteiger partial charge in [-0.15, -0.1) is 0 Å². The van der Waals surface area contributed by atoms with E-state index in [-0.39, 0.29) is 11.8 Å². The molecule has 1 aromatic rings. The van der Waals surface area contributed by atoms with Crippen molar-refractivity contribution >= 4 is 40.9 Å². The molecule has 0 fully saturated rings. The standard InChI is InChI=1S/C7H2Cl2N2O5.CH4O/c8-5-3(2-12)1-4(10(13)14)6(9)7(5)11(15)16;1-2/h1-2H;2H,1H3. The fourth-order valence-electron chi connectivity index (χ4n) is 1.01. The molecule has 0 spiro atoms. The van der Waals surface area contributed by atoms with Crippen LogP contribution in [0.2, 0.25) is 10.0 Å². The van der Waals surface area contributed by atoms with Crippen LogP contribution in [-0.2, 0) is 0 Å². The number of carbonyl (C=O) groups excluding carboxylic acids is 1. The summed E-state index contributed by atoms with van der Waals surface area (Å²) < 4.78 is 0. The Labute approximate surface area is 110 Å². The minimum Gasteiger partial charge on any atom is -0.400 e. The van der Waals surface area contributed by atoms with Crippen molar-refractivity contribution in [2.75, 3.05) is 7.11 Å². The average molecular weight is 297 g/mol. The van der Waals surface area contributed by atoms with E-state index in [9.17, 15) is 25.0 Å². The van der Waals surface area contributed by atoms with Gasteiger partial charge in [0, 0.05) is 18.7 Å². The number of hydrogen-bond acceptors (Lipinski definition) is 6. The van der Waals surface area contributed by atoms with Crippen LogP contribution >= 0.6 is 23.2 Å². The van der Waals surface area contributed by atoms with Crippen LogP contribution in [0.15, 0.2) is 6.07 Å². The Bertz CT molecular complexity index is 505. The number of rotatable bonds is 3. The van der Waals surface area contributed by atoms with E-state index in [1.807, 2.05) is 0 Å². The zero-order valence-electron chi connectivity index (χ0n) is 8.79. The zero-order chi connectivity index (χ0) is 14.5. The highest BCUT2D eigenvalue weighted by Gasteiger charge is 2.30. The summed E-state index contributed by atoms with van der Waals surface area (Å²) in [7, 11) is 1.00. The largest absolute Gasteiger partial charge is 0.400 e. The molecule has 0 radical (unpaired) electrons. The maximum atomic E-state index is 10.6. The van der Waals surface area contributed by atoms with Gasteiger partial charge in [0.05, 0.1) is 9.85 Å². The molecule has 0 saturated carbocycles. The van der Waals surface area contributed by atoms with Crippen LogP contribution in [0.3, 0.4) is 0 Å². The van der Waals surface area contributed by atoms with Gasteiger partial charge < -0.3 is 5.11 Å². The first-order valence-corrected chi connectivity index (χ1v) is 4.86. The lowest BCUT2D eigenvalue weighted by Crippen LogP contribution is -1.99. The predicted molar refractivity (Wildman–Crippen MR) is 63.3 cm³/mol. The summed E-state index contributed by atoms with van der Waals surface area (Å²) in [6, 6.07) is 0.782. The lowest BCUT2D eigenvalue weighted by molar-refractivity contribution is -0.393. The fourth-order valence-corrected chi connectivity index (χ4v) is 1.61. The summed E-state index contributed by atoms with van der Waals surface area (Å²) in [5.74, 6) is 0. The van der Waals surface area contributed by atoms with Gasteiger partial charge in [0.25, 0.3) is 5.69 Å². The highest BCUT2D eigenvalue weighted by molar-refractivity contribution is 6.41. The monoisotopic (exact) mass is 296 g/mol. The third-order valence-electron chi connectivity index (χ3n) is 1.69. The average Bonchev–Trinajstić information content (AvgIpc) is 2.31. The quantitative estimate of drug-likeness (QED) is 0.518. The number of nitrogens with zero attached hydrogens (tertiary/aromatic N) is 2. The van der Waals surface area contributed by atoms with E-state index >= 15 is 0 Å². The number of aliphatic hydroxyl groups is 1. The minimum absolute atomic E-state index is 0.179. The molecule has 0 atom stereocenters. The fraction of sp³-hybridized carbons (Fsp3) is 0.125. The van der Waals surface area contributed by atoms with Crippen molar-refractivity contribution < 1.29 is 19.7 Å². The van der Waals surface area contributed by atoms with Gasteiger partial charge in [0.1, 0.15) is 5.02 Å². The summed E-state index contributed by atoms with van der Waals surface area (Å²) in [4.78, 5) is 29.7. The lowest BCUT2D eigenvalue weighted by Gasteiger charge is -2.01. The molecular weight excluding hydrogens is 291 g/mol. The second kappa shape index (κ2) is 6.84. The van der Waals surface area contributed by atoms with Gasteiger partial charge in [-0.2, -0.15) is 0 Å². The zero-order valence-corrected chi connectivity index (χ0v) is 10.3. The Morgan fingerprint density at radius 1 is 1.17 bits per heavy atom. The molecule has 0 unspecified atom stereocenters. The number of halogens is 2. The maximum Gasteiger partial charge on any atom is 0.314 e. The second-order valence-electron chi connectivity index (χ2n) is 2.59. The molecule has 0 heterocycles. The Morgan fingerprint density at radius 2 is 1.67 bits per heavy atom. The van der Waals surface area contributed by atoms with E-state index in [1.54, 1.807) is 0 Å².